The molecule has 1 heterocycles. The van der Waals surface area contributed by atoms with Crippen LogP contribution in [0, 0.1) is 5.82 Å². The first-order valence-corrected chi connectivity index (χ1v) is 8.31. The number of hydrogen-bond acceptors (Lipinski definition) is 2. The van der Waals surface area contributed by atoms with E-state index < -0.39 is 0 Å². The van der Waals surface area contributed by atoms with E-state index in [4.69, 9.17) is 5.73 Å². The molecule has 0 unspecified atom stereocenters. The number of nitrogens with zero attached hydrogens (tertiary/aromatic N) is 1. The fourth-order valence-corrected chi connectivity index (χ4v) is 4.34. The lowest BCUT2D eigenvalue weighted by Crippen LogP contribution is -2.44. The zero-order valence-electron chi connectivity index (χ0n) is 13.5. The summed E-state index contributed by atoms with van der Waals surface area (Å²) in [7, 11) is 0. The lowest BCUT2D eigenvalue weighted by molar-refractivity contribution is -0.132. The standard InChI is InChI=1S/C18H23FN2O2/c1-2-17(23)21-7-5-18(6-8-21)11-12(9-16(20)22)14-4-3-13(19)10-15(14)18/h3-4,10,12H,2,5-9,11H2,1H3,(H2,20,22)/t12-/m0/s1. The molecule has 0 saturated carbocycles. The number of carbonyl (C=O) groups is 2. The van der Waals surface area contributed by atoms with Crippen LogP contribution < -0.4 is 5.73 Å². The summed E-state index contributed by atoms with van der Waals surface area (Å²) in [5.41, 5.74) is 7.34. The summed E-state index contributed by atoms with van der Waals surface area (Å²) in [5.74, 6) is -0.321. The van der Waals surface area contributed by atoms with E-state index in [2.05, 4.69) is 0 Å². The molecule has 0 radical (unpaired) electrons. The van der Waals surface area contributed by atoms with Crippen LogP contribution in [0.15, 0.2) is 18.2 Å². The van der Waals surface area contributed by atoms with Crippen molar-refractivity contribution in [2.24, 2.45) is 5.73 Å². The van der Waals surface area contributed by atoms with Crippen LogP contribution in [0.4, 0.5) is 4.39 Å². The summed E-state index contributed by atoms with van der Waals surface area (Å²) in [6.07, 6.45) is 3.29. The lowest BCUT2D eigenvalue weighted by atomic mass is 9.73. The summed E-state index contributed by atoms with van der Waals surface area (Å²) >= 11 is 0. The SMILES string of the molecule is CCC(=O)N1CCC2(CC1)C[C@H](CC(N)=O)c1ccc(F)cc12. The molecule has 1 aliphatic heterocycles. The number of likely N-dealkylation sites (tertiary alicyclic amines) is 1. The Morgan fingerprint density at radius 3 is 2.65 bits per heavy atom. The molecule has 23 heavy (non-hydrogen) atoms. The molecule has 2 N–H and O–H groups in total. The van der Waals surface area contributed by atoms with Crippen molar-refractivity contribution in [3.05, 3.63) is 35.1 Å². The molecule has 1 atom stereocenters. The van der Waals surface area contributed by atoms with E-state index in [0.717, 1.165) is 30.4 Å². The molecule has 2 amide bonds. The third-order valence-electron chi connectivity index (χ3n) is 5.49. The third-order valence-corrected chi connectivity index (χ3v) is 5.49. The minimum Gasteiger partial charge on any atom is -0.370 e. The van der Waals surface area contributed by atoms with E-state index in [1.807, 2.05) is 11.8 Å². The smallest absolute Gasteiger partial charge is 0.222 e. The number of primary amides is 1. The topological polar surface area (TPSA) is 63.4 Å². The van der Waals surface area contributed by atoms with E-state index in [0.29, 0.717) is 25.9 Å². The van der Waals surface area contributed by atoms with Gasteiger partial charge in [-0.3, -0.25) is 9.59 Å². The maximum absolute atomic E-state index is 13.8. The largest absolute Gasteiger partial charge is 0.370 e. The van der Waals surface area contributed by atoms with Crippen LogP contribution in [0.1, 0.15) is 56.1 Å². The van der Waals surface area contributed by atoms with Gasteiger partial charge in [0.25, 0.3) is 0 Å². The van der Waals surface area contributed by atoms with Gasteiger partial charge in [-0.1, -0.05) is 13.0 Å². The summed E-state index contributed by atoms with van der Waals surface area (Å²) in [6, 6.07) is 4.88. The lowest BCUT2D eigenvalue weighted by Gasteiger charge is -2.40. The molecule has 1 saturated heterocycles. The number of amides is 2. The number of rotatable bonds is 3. The number of nitrogens with two attached hydrogens (primary N) is 1. The van der Waals surface area contributed by atoms with Crippen molar-refractivity contribution < 1.29 is 14.0 Å². The van der Waals surface area contributed by atoms with Crippen LogP contribution in [-0.2, 0) is 15.0 Å². The number of fused-ring (bicyclic) bond motifs is 2. The number of hydrogen-bond donors (Lipinski definition) is 1. The highest BCUT2D eigenvalue weighted by molar-refractivity contribution is 5.76. The molecule has 0 aromatic heterocycles. The number of carbonyl (C=O) groups excluding carboxylic acids is 2. The molecule has 5 heteroatoms. The van der Waals surface area contributed by atoms with Gasteiger partial charge in [0.1, 0.15) is 5.82 Å². The van der Waals surface area contributed by atoms with Crippen molar-refractivity contribution >= 4 is 11.8 Å². The Hall–Kier alpha value is -1.91. The first kappa shape index (κ1) is 16.0. The third kappa shape index (κ3) is 2.84. The quantitative estimate of drug-likeness (QED) is 0.930. The van der Waals surface area contributed by atoms with Crippen LogP contribution in [0.3, 0.4) is 0 Å². The monoisotopic (exact) mass is 318 g/mol. The molecular weight excluding hydrogens is 295 g/mol. The van der Waals surface area contributed by atoms with Crippen LogP contribution >= 0.6 is 0 Å². The fraction of sp³-hybridized carbons (Fsp3) is 0.556. The maximum atomic E-state index is 13.8. The molecule has 1 aromatic carbocycles. The van der Waals surface area contributed by atoms with Gasteiger partial charge in [-0.2, -0.15) is 0 Å². The van der Waals surface area contributed by atoms with Crippen molar-refractivity contribution in [2.45, 2.75) is 50.4 Å². The van der Waals surface area contributed by atoms with Gasteiger partial charge in [0, 0.05) is 25.9 Å². The second-order valence-electron chi connectivity index (χ2n) is 6.82. The fourth-order valence-electron chi connectivity index (χ4n) is 4.34. The molecule has 3 rings (SSSR count). The normalized spacial score (nSPS) is 22.2. The summed E-state index contributed by atoms with van der Waals surface area (Å²) in [5, 5.41) is 0. The zero-order valence-corrected chi connectivity index (χ0v) is 13.5. The van der Waals surface area contributed by atoms with Gasteiger partial charge in [-0.25, -0.2) is 4.39 Å². The van der Waals surface area contributed by atoms with Gasteiger partial charge >= 0.3 is 0 Å². The van der Waals surface area contributed by atoms with Gasteiger partial charge in [0.2, 0.25) is 11.8 Å². The van der Waals surface area contributed by atoms with E-state index >= 15 is 0 Å². The van der Waals surface area contributed by atoms with E-state index in [1.165, 1.54) is 6.07 Å². The number of piperidine rings is 1. The molecule has 0 bridgehead atoms. The Morgan fingerprint density at radius 1 is 1.35 bits per heavy atom. The minimum atomic E-state index is -0.319. The van der Waals surface area contributed by atoms with Gasteiger partial charge in [-0.15, -0.1) is 0 Å². The first-order chi connectivity index (χ1) is 10.9. The predicted octanol–water partition coefficient (Wildman–Crippen LogP) is 2.46. The van der Waals surface area contributed by atoms with Crippen molar-refractivity contribution in [3.63, 3.8) is 0 Å². The highest BCUT2D eigenvalue weighted by Gasteiger charge is 2.46. The van der Waals surface area contributed by atoms with Crippen molar-refractivity contribution in [1.82, 2.24) is 4.90 Å². The molecule has 2 aliphatic rings. The van der Waals surface area contributed by atoms with Gasteiger partial charge in [0.15, 0.2) is 0 Å². The van der Waals surface area contributed by atoms with Gasteiger partial charge < -0.3 is 10.6 Å². The molecule has 124 valence electrons. The van der Waals surface area contributed by atoms with Crippen molar-refractivity contribution in [2.75, 3.05) is 13.1 Å². The molecule has 1 fully saturated rings. The van der Waals surface area contributed by atoms with Gasteiger partial charge in [-0.05, 0) is 53.9 Å². The molecular formula is C18H23FN2O2. The zero-order chi connectivity index (χ0) is 16.6. The molecule has 1 aliphatic carbocycles. The van der Waals surface area contributed by atoms with Crippen molar-refractivity contribution in [1.29, 1.82) is 0 Å². The number of benzene rings is 1. The Morgan fingerprint density at radius 2 is 2.04 bits per heavy atom. The van der Waals surface area contributed by atoms with E-state index in [1.54, 1.807) is 12.1 Å². The summed E-state index contributed by atoms with van der Waals surface area (Å²) in [6.45, 7) is 3.27. The Balaban J connectivity index is 1.88. The van der Waals surface area contributed by atoms with Gasteiger partial charge in [0.05, 0.1) is 0 Å². The van der Waals surface area contributed by atoms with E-state index in [9.17, 15) is 14.0 Å². The average Bonchev–Trinajstić information content (AvgIpc) is 2.80. The van der Waals surface area contributed by atoms with Crippen LogP contribution in [0.5, 0.6) is 0 Å². The first-order valence-electron chi connectivity index (χ1n) is 8.31. The highest BCUT2D eigenvalue weighted by atomic mass is 19.1. The number of halogens is 1. The average molecular weight is 318 g/mol. The van der Waals surface area contributed by atoms with Crippen LogP contribution in [0.2, 0.25) is 0 Å². The Labute approximate surface area is 135 Å². The Kier molecular flexibility index (Phi) is 4.13. The second kappa shape index (κ2) is 5.95. The molecule has 1 aromatic rings. The summed E-state index contributed by atoms with van der Waals surface area (Å²) < 4.78 is 13.8. The predicted molar refractivity (Wildman–Crippen MR) is 85.4 cm³/mol. The second-order valence-corrected chi connectivity index (χ2v) is 6.82. The molecule has 4 nitrogen and oxygen atoms in total. The van der Waals surface area contributed by atoms with Crippen molar-refractivity contribution in [3.8, 4) is 0 Å². The summed E-state index contributed by atoms with van der Waals surface area (Å²) in [4.78, 5) is 25.2. The van der Waals surface area contributed by atoms with Crippen LogP contribution in [-0.4, -0.2) is 29.8 Å². The molecule has 1 spiro atoms. The Bertz CT molecular complexity index is 636. The maximum Gasteiger partial charge on any atom is 0.222 e. The highest BCUT2D eigenvalue weighted by Crippen LogP contribution is 2.52. The van der Waals surface area contributed by atoms with E-state index in [-0.39, 0.29) is 29.0 Å². The minimum absolute atomic E-state index is 0.0662. The van der Waals surface area contributed by atoms with Crippen LogP contribution in [0.25, 0.3) is 0 Å².